The van der Waals surface area contributed by atoms with E-state index in [2.05, 4.69) is 10.5 Å². The minimum Gasteiger partial charge on any atom is -0.468 e. The van der Waals surface area contributed by atoms with Crippen LogP contribution in [-0.4, -0.2) is 17.6 Å². The highest BCUT2D eigenvalue weighted by Crippen LogP contribution is 2.48. The molecular weight excluding hydrogens is 206 g/mol. The molecule has 0 unspecified atom stereocenters. The van der Waals surface area contributed by atoms with Crippen molar-refractivity contribution in [1.82, 2.24) is 5.32 Å². The second-order valence-electron chi connectivity index (χ2n) is 4.45. The molecule has 1 aromatic heterocycles. The summed E-state index contributed by atoms with van der Waals surface area (Å²) in [5.74, 6) is 1.25. The maximum absolute atomic E-state index is 8.53. The fraction of sp³-hybridized carbons (Fsp3) is 0.545. The van der Waals surface area contributed by atoms with Gasteiger partial charge >= 0.3 is 0 Å². The van der Waals surface area contributed by atoms with Crippen LogP contribution in [0.3, 0.4) is 0 Å². The monoisotopic (exact) mass is 223 g/mol. The zero-order valence-corrected chi connectivity index (χ0v) is 9.15. The summed E-state index contributed by atoms with van der Waals surface area (Å²) in [5.41, 5.74) is 5.72. The highest BCUT2D eigenvalue weighted by Gasteiger charge is 2.42. The maximum atomic E-state index is 8.53. The molecule has 0 spiro atoms. The molecule has 0 bridgehead atoms. The van der Waals surface area contributed by atoms with Gasteiger partial charge < -0.3 is 20.7 Å². The lowest BCUT2D eigenvalue weighted by Gasteiger charge is -2.14. The zero-order valence-electron chi connectivity index (χ0n) is 9.15. The molecule has 0 saturated heterocycles. The zero-order chi connectivity index (χ0) is 11.4. The average molecular weight is 223 g/mol. The molecule has 1 saturated carbocycles. The molecule has 4 N–H and O–H groups in total. The summed E-state index contributed by atoms with van der Waals surface area (Å²) in [6.45, 7) is 1.61. The van der Waals surface area contributed by atoms with Gasteiger partial charge in [0.25, 0.3) is 0 Å². The molecule has 16 heavy (non-hydrogen) atoms. The summed E-state index contributed by atoms with van der Waals surface area (Å²) < 4.78 is 5.22. The van der Waals surface area contributed by atoms with Crippen LogP contribution < -0.4 is 11.1 Å². The fourth-order valence-electron chi connectivity index (χ4n) is 1.88. The van der Waals surface area contributed by atoms with Crippen LogP contribution in [0.1, 0.15) is 25.0 Å². The van der Waals surface area contributed by atoms with Gasteiger partial charge in [-0.3, -0.25) is 0 Å². The van der Waals surface area contributed by atoms with Crippen LogP contribution in [0.4, 0.5) is 0 Å². The summed E-state index contributed by atoms with van der Waals surface area (Å²) >= 11 is 0. The molecular formula is C11H17N3O2. The van der Waals surface area contributed by atoms with Crippen LogP contribution >= 0.6 is 0 Å². The first kappa shape index (κ1) is 11.0. The molecule has 1 fully saturated rings. The van der Waals surface area contributed by atoms with E-state index in [4.69, 9.17) is 15.4 Å². The van der Waals surface area contributed by atoms with Crippen molar-refractivity contribution in [2.24, 2.45) is 16.3 Å². The number of oxime groups is 1. The largest absolute Gasteiger partial charge is 0.468 e. The van der Waals surface area contributed by atoms with Crippen LogP contribution in [0.2, 0.25) is 0 Å². The molecule has 2 rings (SSSR count). The number of nitrogens with two attached hydrogens (primary N) is 1. The minimum absolute atomic E-state index is 0.197. The Balaban J connectivity index is 1.73. The van der Waals surface area contributed by atoms with Crippen LogP contribution in [0.25, 0.3) is 0 Å². The highest BCUT2D eigenvalue weighted by atomic mass is 16.4. The van der Waals surface area contributed by atoms with E-state index >= 15 is 0 Å². The van der Waals surface area contributed by atoms with Gasteiger partial charge in [-0.05, 0) is 30.4 Å². The Labute approximate surface area is 94.3 Å². The molecule has 88 valence electrons. The van der Waals surface area contributed by atoms with Crippen molar-refractivity contribution in [3.05, 3.63) is 24.2 Å². The van der Waals surface area contributed by atoms with Gasteiger partial charge in [-0.15, -0.1) is 0 Å². The average Bonchev–Trinajstić information content (AvgIpc) is 2.83. The molecule has 0 aliphatic heterocycles. The second-order valence-corrected chi connectivity index (χ2v) is 4.45. The first-order valence-corrected chi connectivity index (χ1v) is 5.44. The SMILES string of the molecule is NC(CC1(CNCc2ccco2)CC1)=NO. The topological polar surface area (TPSA) is 83.8 Å². The Hall–Kier alpha value is -1.49. The normalized spacial score (nSPS) is 18.6. The van der Waals surface area contributed by atoms with Crippen LogP contribution in [-0.2, 0) is 6.54 Å². The third-order valence-electron chi connectivity index (χ3n) is 3.02. The van der Waals surface area contributed by atoms with Crippen LogP contribution in [0.15, 0.2) is 28.0 Å². The number of nitrogens with zero attached hydrogens (tertiary/aromatic N) is 1. The molecule has 0 amide bonds. The van der Waals surface area contributed by atoms with Gasteiger partial charge in [0, 0.05) is 13.0 Å². The lowest BCUT2D eigenvalue weighted by molar-refractivity contribution is 0.314. The Morgan fingerprint density at radius 1 is 1.62 bits per heavy atom. The van der Waals surface area contributed by atoms with Gasteiger partial charge in [0.15, 0.2) is 0 Å². The van der Waals surface area contributed by atoms with Gasteiger partial charge in [-0.2, -0.15) is 0 Å². The Kier molecular flexibility index (Phi) is 3.14. The summed E-state index contributed by atoms with van der Waals surface area (Å²) in [6, 6.07) is 3.82. The molecule has 1 heterocycles. The van der Waals surface area contributed by atoms with E-state index in [1.54, 1.807) is 6.26 Å². The van der Waals surface area contributed by atoms with Crippen LogP contribution in [0, 0.1) is 5.41 Å². The number of hydrogen-bond donors (Lipinski definition) is 3. The minimum atomic E-state index is 0.197. The second kappa shape index (κ2) is 4.57. The van der Waals surface area contributed by atoms with Gasteiger partial charge in [0.2, 0.25) is 0 Å². The third kappa shape index (κ3) is 2.76. The van der Waals surface area contributed by atoms with E-state index in [1.165, 1.54) is 0 Å². The van der Waals surface area contributed by atoms with Gasteiger partial charge in [0.1, 0.15) is 11.6 Å². The maximum Gasteiger partial charge on any atom is 0.139 e. The number of hydrogen-bond acceptors (Lipinski definition) is 4. The van der Waals surface area contributed by atoms with Crippen molar-refractivity contribution < 1.29 is 9.62 Å². The summed E-state index contributed by atoms with van der Waals surface area (Å²) in [5, 5.41) is 14.9. The van der Waals surface area contributed by atoms with Crippen molar-refractivity contribution in [2.45, 2.75) is 25.8 Å². The van der Waals surface area contributed by atoms with Crippen molar-refractivity contribution in [3.8, 4) is 0 Å². The first-order valence-electron chi connectivity index (χ1n) is 5.44. The van der Waals surface area contributed by atoms with E-state index in [9.17, 15) is 0 Å². The van der Waals surface area contributed by atoms with E-state index in [0.29, 0.717) is 12.3 Å². The van der Waals surface area contributed by atoms with Gasteiger partial charge in [0.05, 0.1) is 12.8 Å². The summed E-state index contributed by atoms with van der Waals surface area (Å²) in [4.78, 5) is 0. The molecule has 0 radical (unpaired) electrons. The lowest BCUT2D eigenvalue weighted by Crippen LogP contribution is -2.28. The fourth-order valence-corrected chi connectivity index (χ4v) is 1.88. The van der Waals surface area contributed by atoms with E-state index in [-0.39, 0.29) is 5.41 Å². The van der Waals surface area contributed by atoms with Crippen molar-refractivity contribution in [1.29, 1.82) is 0 Å². The molecule has 0 aromatic carbocycles. The van der Waals surface area contributed by atoms with Crippen molar-refractivity contribution in [2.75, 3.05) is 6.54 Å². The van der Waals surface area contributed by atoms with Gasteiger partial charge in [-0.25, -0.2) is 0 Å². The lowest BCUT2D eigenvalue weighted by atomic mass is 10.0. The number of nitrogens with one attached hydrogen (secondary N) is 1. The van der Waals surface area contributed by atoms with E-state index in [0.717, 1.165) is 31.7 Å². The van der Waals surface area contributed by atoms with Crippen molar-refractivity contribution in [3.63, 3.8) is 0 Å². The standard InChI is InChI=1S/C11H17N3O2/c12-10(14-15)6-11(3-4-11)8-13-7-9-2-1-5-16-9/h1-2,5,13,15H,3-4,6-8H2,(H2,12,14). The van der Waals surface area contributed by atoms with E-state index in [1.807, 2.05) is 12.1 Å². The van der Waals surface area contributed by atoms with Crippen LogP contribution in [0.5, 0.6) is 0 Å². The number of furan rings is 1. The van der Waals surface area contributed by atoms with Crippen molar-refractivity contribution >= 4 is 5.84 Å². The third-order valence-corrected chi connectivity index (χ3v) is 3.02. The molecule has 1 aromatic rings. The summed E-state index contributed by atoms with van der Waals surface area (Å²) in [6.07, 6.45) is 4.59. The smallest absolute Gasteiger partial charge is 0.139 e. The molecule has 1 aliphatic rings. The Morgan fingerprint density at radius 3 is 3.00 bits per heavy atom. The van der Waals surface area contributed by atoms with E-state index < -0.39 is 0 Å². The molecule has 0 atom stereocenters. The molecule has 1 aliphatic carbocycles. The number of rotatable bonds is 6. The molecule has 5 nitrogen and oxygen atoms in total. The van der Waals surface area contributed by atoms with Gasteiger partial charge in [-0.1, -0.05) is 5.16 Å². The Bertz CT molecular complexity index is 355. The molecule has 5 heteroatoms. The first-order chi connectivity index (χ1) is 7.74. The number of amidine groups is 1. The quantitative estimate of drug-likeness (QED) is 0.293. The Morgan fingerprint density at radius 2 is 2.44 bits per heavy atom. The highest BCUT2D eigenvalue weighted by molar-refractivity contribution is 5.80. The summed E-state index contributed by atoms with van der Waals surface area (Å²) in [7, 11) is 0. The predicted molar refractivity (Wildman–Crippen MR) is 60.1 cm³/mol. The predicted octanol–water partition coefficient (Wildman–Crippen LogP) is 1.29.